The van der Waals surface area contributed by atoms with Gasteiger partial charge in [0.25, 0.3) is 5.09 Å². The molecule has 2 atom stereocenters. The quantitative estimate of drug-likeness (QED) is 0.360. The lowest BCUT2D eigenvalue weighted by molar-refractivity contribution is -0.759. The molecule has 0 saturated heterocycles. The zero-order chi connectivity index (χ0) is 21.1. The van der Waals surface area contributed by atoms with E-state index in [2.05, 4.69) is 4.84 Å². The Morgan fingerprint density at radius 2 is 2.04 bits per heavy atom. The van der Waals surface area contributed by atoms with Gasteiger partial charge in [0.15, 0.2) is 0 Å². The number of alkyl halides is 3. The highest BCUT2D eigenvalue weighted by Crippen LogP contribution is 2.42. The Kier molecular flexibility index (Phi) is 6.96. The molecule has 2 unspecified atom stereocenters. The van der Waals surface area contributed by atoms with Crippen LogP contribution >= 0.6 is 23.2 Å². The second-order valence-electron chi connectivity index (χ2n) is 5.45. The number of hydrogen-bond donors (Lipinski definition) is 0. The van der Waals surface area contributed by atoms with Crippen LogP contribution < -0.4 is 4.74 Å². The lowest BCUT2D eigenvalue weighted by Crippen LogP contribution is -2.42. The van der Waals surface area contributed by atoms with Gasteiger partial charge < -0.3 is 19.0 Å². The van der Waals surface area contributed by atoms with E-state index in [0.29, 0.717) is 0 Å². The summed E-state index contributed by atoms with van der Waals surface area (Å²) < 4.78 is 54.7. The number of esters is 1. The molecule has 0 N–H and O–H groups in total. The van der Waals surface area contributed by atoms with E-state index in [1.165, 1.54) is 19.2 Å². The molecule has 1 aromatic rings. The van der Waals surface area contributed by atoms with Crippen molar-refractivity contribution >= 4 is 35.2 Å². The second-order valence-corrected chi connectivity index (χ2v) is 6.29. The Labute approximate surface area is 165 Å². The maximum atomic E-state index is 13.4. The van der Waals surface area contributed by atoms with E-state index in [9.17, 15) is 28.1 Å². The average Bonchev–Trinajstić information content (AvgIpc) is 2.57. The van der Waals surface area contributed by atoms with Crippen LogP contribution in [-0.2, 0) is 19.1 Å². The summed E-state index contributed by atoms with van der Waals surface area (Å²) in [5.41, 5.74) is -0.852. The Morgan fingerprint density at radius 3 is 2.61 bits per heavy atom. The summed E-state index contributed by atoms with van der Waals surface area (Å²) in [5, 5.41) is 9.08. The van der Waals surface area contributed by atoms with Gasteiger partial charge in [-0.25, -0.2) is 4.79 Å². The van der Waals surface area contributed by atoms with Gasteiger partial charge >= 0.3 is 12.1 Å². The molecule has 0 aliphatic carbocycles. The minimum atomic E-state index is -4.97. The average molecular weight is 446 g/mol. The first kappa shape index (κ1) is 22.1. The lowest BCUT2D eigenvalue weighted by Gasteiger charge is -2.29. The summed E-state index contributed by atoms with van der Waals surface area (Å²) >= 11 is 11.7. The molecule has 0 spiro atoms. The van der Waals surface area contributed by atoms with Crippen LogP contribution in [0.2, 0.25) is 10.0 Å². The maximum absolute atomic E-state index is 13.4. The van der Waals surface area contributed by atoms with E-state index in [0.717, 1.165) is 6.08 Å². The second kappa shape index (κ2) is 8.84. The summed E-state index contributed by atoms with van der Waals surface area (Å²) in [6.45, 7) is -1.08. The molecule has 0 fully saturated rings. The van der Waals surface area contributed by atoms with E-state index in [1.54, 1.807) is 0 Å². The van der Waals surface area contributed by atoms with Crippen LogP contribution in [0.15, 0.2) is 17.7 Å². The molecule has 1 heterocycles. The van der Waals surface area contributed by atoms with Gasteiger partial charge in [0.05, 0.1) is 17.2 Å². The standard InChI is InChI=1S/C15H12Cl2F3NO7/c1-25-5-9(6-26-21(23)24)27-14(22)10-3-7-2-8(16)4-11(17)12(7)28-13(10)15(18,19)20/h2-4,9,13H,5-6H2,1H3. The largest absolute Gasteiger partial charge is 0.474 e. The normalized spacial score (nSPS) is 17.1. The molecule has 13 heteroatoms. The number of fused-ring (bicyclic) bond motifs is 1. The molecule has 1 aromatic carbocycles. The van der Waals surface area contributed by atoms with Crippen LogP contribution in [-0.4, -0.2) is 49.8 Å². The number of carbonyl (C=O) groups excluding carboxylic acids is 1. The first-order valence-corrected chi connectivity index (χ1v) is 8.19. The number of nitrogens with zero attached hydrogens (tertiary/aromatic N) is 1. The van der Waals surface area contributed by atoms with Gasteiger partial charge in [-0.1, -0.05) is 23.2 Å². The number of rotatable bonds is 7. The molecule has 0 amide bonds. The molecule has 154 valence electrons. The van der Waals surface area contributed by atoms with E-state index < -0.39 is 41.6 Å². The van der Waals surface area contributed by atoms with E-state index in [4.69, 9.17) is 37.4 Å². The fourth-order valence-corrected chi connectivity index (χ4v) is 2.86. The van der Waals surface area contributed by atoms with Gasteiger partial charge in [-0.15, -0.1) is 10.1 Å². The van der Waals surface area contributed by atoms with Gasteiger partial charge in [-0.05, 0) is 18.2 Å². The Morgan fingerprint density at radius 1 is 1.36 bits per heavy atom. The van der Waals surface area contributed by atoms with E-state index in [1.807, 2.05) is 0 Å². The van der Waals surface area contributed by atoms with Crippen LogP contribution in [0, 0.1) is 10.1 Å². The summed E-state index contributed by atoms with van der Waals surface area (Å²) in [5.74, 6) is -1.71. The van der Waals surface area contributed by atoms with Crippen LogP contribution in [0.3, 0.4) is 0 Å². The number of benzene rings is 1. The predicted molar refractivity (Wildman–Crippen MR) is 89.6 cm³/mol. The van der Waals surface area contributed by atoms with Crippen molar-refractivity contribution in [3.63, 3.8) is 0 Å². The maximum Gasteiger partial charge on any atom is 0.430 e. The van der Waals surface area contributed by atoms with Crippen molar-refractivity contribution in [1.29, 1.82) is 0 Å². The van der Waals surface area contributed by atoms with Crippen molar-refractivity contribution in [3.05, 3.63) is 43.4 Å². The van der Waals surface area contributed by atoms with Crippen molar-refractivity contribution in [2.75, 3.05) is 20.3 Å². The van der Waals surface area contributed by atoms with Crippen LogP contribution in [0.4, 0.5) is 13.2 Å². The fraction of sp³-hybridized carbons (Fsp3) is 0.400. The smallest absolute Gasteiger partial charge is 0.430 e. The van der Waals surface area contributed by atoms with E-state index in [-0.39, 0.29) is 28.0 Å². The summed E-state index contributed by atoms with van der Waals surface area (Å²) in [7, 11) is 1.20. The zero-order valence-electron chi connectivity index (χ0n) is 14.0. The molecular weight excluding hydrogens is 434 g/mol. The van der Waals surface area contributed by atoms with Crippen molar-refractivity contribution in [3.8, 4) is 5.75 Å². The fourth-order valence-electron chi connectivity index (χ4n) is 2.31. The Hall–Kier alpha value is -2.24. The van der Waals surface area contributed by atoms with Gasteiger partial charge in [-0.2, -0.15) is 13.2 Å². The van der Waals surface area contributed by atoms with Crippen molar-refractivity contribution in [2.45, 2.75) is 18.4 Å². The third-order valence-electron chi connectivity index (χ3n) is 3.39. The molecule has 1 aliphatic heterocycles. The summed E-state index contributed by atoms with van der Waals surface area (Å²) in [4.78, 5) is 26.7. The van der Waals surface area contributed by atoms with Crippen LogP contribution in [0.25, 0.3) is 6.08 Å². The first-order valence-electron chi connectivity index (χ1n) is 7.44. The SMILES string of the molecule is COCC(CO[N+](=O)[O-])OC(=O)C1=Cc2cc(Cl)cc(Cl)c2OC1C(F)(F)F. The highest BCUT2D eigenvalue weighted by Gasteiger charge is 2.49. The molecule has 2 rings (SSSR count). The van der Waals surface area contributed by atoms with Crippen LogP contribution in [0.5, 0.6) is 5.75 Å². The number of methoxy groups -OCH3 is 1. The highest BCUT2D eigenvalue weighted by molar-refractivity contribution is 6.36. The number of hydrogen-bond acceptors (Lipinski definition) is 7. The van der Waals surface area contributed by atoms with Crippen molar-refractivity contribution in [1.82, 2.24) is 0 Å². The number of halogens is 5. The minimum Gasteiger partial charge on any atom is -0.474 e. The summed E-state index contributed by atoms with van der Waals surface area (Å²) in [6, 6.07) is 2.45. The van der Waals surface area contributed by atoms with Crippen molar-refractivity contribution in [2.24, 2.45) is 0 Å². The molecular formula is C15H12Cl2F3NO7. The lowest BCUT2D eigenvalue weighted by atomic mass is 10.0. The third kappa shape index (κ3) is 5.40. The summed E-state index contributed by atoms with van der Waals surface area (Å²) in [6.07, 6.45) is -8.08. The van der Waals surface area contributed by atoms with Gasteiger partial charge in [0.1, 0.15) is 18.5 Å². The molecule has 0 aromatic heterocycles. The number of ether oxygens (including phenoxy) is 3. The Bertz CT molecular complexity index is 801. The molecule has 0 saturated carbocycles. The van der Waals surface area contributed by atoms with Crippen LogP contribution in [0.1, 0.15) is 5.56 Å². The zero-order valence-corrected chi connectivity index (χ0v) is 15.5. The minimum absolute atomic E-state index is 0.0368. The van der Waals surface area contributed by atoms with Gasteiger partial charge in [0, 0.05) is 17.7 Å². The predicted octanol–water partition coefficient (Wildman–Crippen LogP) is 3.47. The monoisotopic (exact) mass is 445 g/mol. The van der Waals surface area contributed by atoms with Gasteiger partial charge in [-0.3, -0.25) is 0 Å². The highest BCUT2D eigenvalue weighted by atomic mass is 35.5. The molecule has 0 bridgehead atoms. The molecule has 1 aliphatic rings. The number of carbonyl (C=O) groups is 1. The first-order chi connectivity index (χ1) is 13.0. The molecule has 0 radical (unpaired) electrons. The molecule has 28 heavy (non-hydrogen) atoms. The Balaban J connectivity index is 2.35. The molecule has 8 nitrogen and oxygen atoms in total. The van der Waals surface area contributed by atoms with Gasteiger partial charge in [0.2, 0.25) is 6.10 Å². The van der Waals surface area contributed by atoms with E-state index >= 15 is 0 Å². The van der Waals surface area contributed by atoms with Crippen molar-refractivity contribution < 1.29 is 42.1 Å². The topological polar surface area (TPSA) is 97.1 Å². The third-order valence-corrected chi connectivity index (χ3v) is 3.89.